The molecule has 0 spiro atoms. The maximum Gasteiger partial charge on any atom is 0.328 e. The first kappa shape index (κ1) is 31.8. The van der Waals surface area contributed by atoms with Crippen molar-refractivity contribution in [2.45, 2.75) is 19.3 Å². The van der Waals surface area contributed by atoms with Crippen molar-refractivity contribution >= 4 is 35.1 Å². The third-order valence-electron chi connectivity index (χ3n) is 6.60. The normalized spacial score (nSPS) is 11.2. The zero-order valence-electron chi connectivity index (χ0n) is 24.4. The van der Waals surface area contributed by atoms with Gasteiger partial charge in [0.05, 0.1) is 0 Å². The Morgan fingerprint density at radius 1 is 0.556 bits per heavy atom. The zero-order valence-corrected chi connectivity index (χ0v) is 24.4. The summed E-state index contributed by atoms with van der Waals surface area (Å²) >= 11 is 0. The van der Waals surface area contributed by atoms with Gasteiger partial charge in [-0.05, 0) is 83.9 Å². The van der Waals surface area contributed by atoms with Crippen molar-refractivity contribution in [3.05, 3.63) is 132 Å². The van der Waals surface area contributed by atoms with Crippen LogP contribution in [0.2, 0.25) is 0 Å². The molecule has 0 unspecified atom stereocenters. The molecular weight excluding hydrogens is 576 g/mol. The molecule has 45 heavy (non-hydrogen) atoms. The zero-order chi connectivity index (χ0) is 32.4. The first-order chi connectivity index (χ1) is 21.5. The lowest BCUT2D eigenvalue weighted by molar-refractivity contribution is -0.132. The summed E-state index contributed by atoms with van der Waals surface area (Å²) < 4.78 is 12.0. The van der Waals surface area contributed by atoms with Crippen molar-refractivity contribution in [2.75, 3.05) is 10.6 Å². The smallest absolute Gasteiger partial charge is 0.328 e. The van der Waals surface area contributed by atoms with Gasteiger partial charge in [0.2, 0.25) is 11.8 Å². The van der Waals surface area contributed by atoms with Crippen molar-refractivity contribution in [1.29, 1.82) is 0 Å². The SMILES string of the molecule is CC(C)(c1ccc(Oc2ccc(NC(=O)C=CC(=O)O)cc2)cc1)c1cccc(Oc2ccc(NC(=O)C=CC(=O)O)cc2)c1. The van der Waals surface area contributed by atoms with E-state index in [1.54, 1.807) is 48.5 Å². The molecule has 0 saturated carbocycles. The van der Waals surface area contributed by atoms with E-state index >= 15 is 0 Å². The summed E-state index contributed by atoms with van der Waals surface area (Å²) in [5.41, 5.74) is 2.71. The first-order valence-corrected chi connectivity index (χ1v) is 13.7. The maximum absolute atomic E-state index is 11.8. The molecule has 0 fully saturated rings. The van der Waals surface area contributed by atoms with Gasteiger partial charge in [-0.3, -0.25) is 9.59 Å². The monoisotopic (exact) mass is 606 g/mol. The largest absolute Gasteiger partial charge is 0.478 e. The Labute approximate surface area is 259 Å². The molecule has 0 bridgehead atoms. The van der Waals surface area contributed by atoms with Crippen LogP contribution >= 0.6 is 0 Å². The van der Waals surface area contributed by atoms with Crippen LogP contribution in [0, 0.1) is 0 Å². The van der Waals surface area contributed by atoms with Gasteiger partial charge in [0.15, 0.2) is 0 Å². The van der Waals surface area contributed by atoms with Gasteiger partial charge >= 0.3 is 11.9 Å². The summed E-state index contributed by atoms with van der Waals surface area (Å²) in [5, 5.41) is 22.4. The van der Waals surface area contributed by atoms with E-state index in [0.29, 0.717) is 34.4 Å². The summed E-state index contributed by atoms with van der Waals surface area (Å²) in [6, 6.07) is 28.9. The number of carboxylic acids is 2. The van der Waals surface area contributed by atoms with Crippen LogP contribution in [0.4, 0.5) is 11.4 Å². The first-order valence-electron chi connectivity index (χ1n) is 13.7. The molecule has 0 aliphatic carbocycles. The lowest BCUT2D eigenvalue weighted by Gasteiger charge is -2.27. The maximum atomic E-state index is 11.8. The van der Waals surface area contributed by atoms with Gasteiger partial charge in [0.25, 0.3) is 0 Å². The molecule has 4 aromatic carbocycles. The number of carbonyl (C=O) groups excluding carboxylic acids is 2. The van der Waals surface area contributed by atoms with Crippen LogP contribution in [0.1, 0.15) is 25.0 Å². The quantitative estimate of drug-likeness (QED) is 0.129. The van der Waals surface area contributed by atoms with Gasteiger partial charge < -0.3 is 30.3 Å². The highest BCUT2D eigenvalue weighted by Crippen LogP contribution is 2.35. The van der Waals surface area contributed by atoms with Crippen LogP contribution in [0.5, 0.6) is 23.0 Å². The van der Waals surface area contributed by atoms with Crippen LogP contribution in [0.3, 0.4) is 0 Å². The van der Waals surface area contributed by atoms with Gasteiger partial charge in [-0.1, -0.05) is 38.1 Å². The van der Waals surface area contributed by atoms with E-state index in [1.807, 2.05) is 48.5 Å². The number of rotatable bonds is 12. The van der Waals surface area contributed by atoms with Crippen LogP contribution in [-0.4, -0.2) is 34.0 Å². The minimum atomic E-state index is -1.20. The van der Waals surface area contributed by atoms with Crippen molar-refractivity contribution in [3.8, 4) is 23.0 Å². The van der Waals surface area contributed by atoms with E-state index in [4.69, 9.17) is 19.7 Å². The van der Waals surface area contributed by atoms with Gasteiger partial charge in [-0.2, -0.15) is 0 Å². The van der Waals surface area contributed by atoms with Crippen LogP contribution < -0.4 is 20.1 Å². The number of carbonyl (C=O) groups is 4. The molecule has 4 rings (SSSR count). The second-order valence-electron chi connectivity index (χ2n) is 10.3. The third kappa shape index (κ3) is 9.42. The molecule has 10 nitrogen and oxygen atoms in total. The van der Waals surface area contributed by atoms with E-state index in [0.717, 1.165) is 35.4 Å². The molecule has 0 saturated heterocycles. The Balaban J connectivity index is 1.37. The topological polar surface area (TPSA) is 151 Å². The van der Waals surface area contributed by atoms with Crippen molar-refractivity contribution < 1.29 is 38.9 Å². The fraction of sp³-hybridized carbons (Fsp3) is 0.0857. The molecule has 10 heteroatoms. The number of carboxylic acid groups (broad SMARTS) is 2. The van der Waals surface area contributed by atoms with Gasteiger partial charge in [-0.25, -0.2) is 9.59 Å². The van der Waals surface area contributed by atoms with Crippen LogP contribution in [-0.2, 0) is 24.6 Å². The molecule has 0 aromatic heterocycles. The predicted octanol–water partition coefficient (Wildman–Crippen LogP) is 6.76. The molecule has 0 heterocycles. The van der Waals surface area contributed by atoms with Crippen molar-refractivity contribution in [1.82, 2.24) is 0 Å². The van der Waals surface area contributed by atoms with Crippen molar-refractivity contribution in [2.24, 2.45) is 0 Å². The number of nitrogens with one attached hydrogen (secondary N) is 2. The number of amides is 2. The molecule has 2 amide bonds. The average Bonchev–Trinajstić information content (AvgIpc) is 3.01. The molecule has 0 radical (unpaired) electrons. The Morgan fingerprint density at radius 2 is 0.978 bits per heavy atom. The second-order valence-corrected chi connectivity index (χ2v) is 10.3. The molecule has 4 aromatic rings. The minimum Gasteiger partial charge on any atom is -0.478 e. The fourth-order valence-corrected chi connectivity index (χ4v) is 4.20. The van der Waals surface area contributed by atoms with E-state index in [1.165, 1.54) is 0 Å². The Kier molecular flexibility index (Phi) is 10.1. The van der Waals surface area contributed by atoms with Crippen molar-refractivity contribution in [3.63, 3.8) is 0 Å². The van der Waals surface area contributed by atoms with E-state index in [9.17, 15) is 19.2 Å². The van der Waals surface area contributed by atoms with Gasteiger partial charge in [0.1, 0.15) is 23.0 Å². The lowest BCUT2D eigenvalue weighted by atomic mass is 9.78. The number of hydrogen-bond donors (Lipinski definition) is 4. The highest BCUT2D eigenvalue weighted by atomic mass is 16.5. The fourth-order valence-electron chi connectivity index (χ4n) is 4.20. The third-order valence-corrected chi connectivity index (χ3v) is 6.60. The van der Waals surface area contributed by atoms with E-state index in [2.05, 4.69) is 24.5 Å². The molecule has 0 atom stereocenters. The van der Waals surface area contributed by atoms with Crippen LogP contribution in [0.25, 0.3) is 0 Å². The van der Waals surface area contributed by atoms with Crippen LogP contribution in [0.15, 0.2) is 121 Å². The number of aliphatic carboxylic acids is 2. The highest BCUT2D eigenvalue weighted by molar-refractivity contribution is 6.03. The number of hydrogen-bond acceptors (Lipinski definition) is 6. The molecule has 4 N–H and O–H groups in total. The van der Waals surface area contributed by atoms with Gasteiger partial charge in [-0.15, -0.1) is 0 Å². The average molecular weight is 607 g/mol. The lowest BCUT2D eigenvalue weighted by Crippen LogP contribution is -2.18. The summed E-state index contributed by atoms with van der Waals surface area (Å²) in [4.78, 5) is 44.7. The summed E-state index contributed by atoms with van der Waals surface area (Å²) in [6.07, 6.45) is 3.42. The van der Waals surface area contributed by atoms with E-state index in [-0.39, 0.29) is 5.41 Å². The Hall–Kier alpha value is -6.16. The highest BCUT2D eigenvalue weighted by Gasteiger charge is 2.24. The predicted molar refractivity (Wildman–Crippen MR) is 169 cm³/mol. The Morgan fingerprint density at radius 3 is 1.42 bits per heavy atom. The standard InChI is InChI=1S/C35H30N2O8/c1-35(2,23-6-12-27(13-7-23)44-28-14-8-25(9-15-28)36-31(38)18-20-33(40)41)24-4-3-5-30(22-24)45-29-16-10-26(11-17-29)37-32(39)19-21-34(42)43/h3-22H,1-2H3,(H,36,38)(H,37,39)(H,40,41)(H,42,43). The Bertz CT molecular complexity index is 1740. The molecular formula is C35H30N2O8. The molecule has 0 aliphatic heterocycles. The summed E-state index contributed by atoms with van der Waals surface area (Å²) in [6.45, 7) is 4.22. The number of anilines is 2. The number of benzene rings is 4. The molecule has 0 aliphatic rings. The number of ether oxygens (including phenoxy) is 2. The second kappa shape index (κ2) is 14.3. The summed E-state index contributed by atoms with van der Waals surface area (Å²) in [5.74, 6) is -1.10. The minimum absolute atomic E-state index is 0.371. The van der Waals surface area contributed by atoms with Gasteiger partial charge in [0, 0.05) is 41.1 Å². The molecule has 228 valence electrons. The summed E-state index contributed by atoms with van der Waals surface area (Å²) in [7, 11) is 0. The van der Waals surface area contributed by atoms with E-state index < -0.39 is 23.8 Å².